The molecule has 2 aromatic carbocycles. The molecular weight excluding hydrogens is 402 g/mol. The van der Waals surface area contributed by atoms with E-state index in [2.05, 4.69) is 15.3 Å². The number of hydrogen-bond donors (Lipinski definition) is 3. The van der Waals surface area contributed by atoms with Crippen LogP contribution in [0.2, 0.25) is 0 Å². The van der Waals surface area contributed by atoms with E-state index in [1.54, 1.807) is 42.5 Å². The number of benzene rings is 2. The lowest BCUT2D eigenvalue weighted by molar-refractivity contribution is -0.108. The molecule has 2 heterocycles. The lowest BCUT2D eigenvalue weighted by Crippen LogP contribution is -2.30. The summed E-state index contributed by atoms with van der Waals surface area (Å²) in [6, 6.07) is 13.0. The third-order valence-corrected chi connectivity index (χ3v) is 4.42. The van der Waals surface area contributed by atoms with Gasteiger partial charge in [-0.1, -0.05) is 0 Å². The molecule has 10 heteroatoms. The monoisotopic (exact) mass is 421 g/mol. The fraction of sp³-hybridized carbons (Fsp3) is 0.143. The van der Waals surface area contributed by atoms with Crippen molar-refractivity contribution in [3.05, 3.63) is 54.2 Å². The van der Waals surface area contributed by atoms with E-state index in [4.69, 9.17) is 25.7 Å². The van der Waals surface area contributed by atoms with Gasteiger partial charge in [0, 0.05) is 24.2 Å². The molecule has 0 aliphatic carbocycles. The summed E-state index contributed by atoms with van der Waals surface area (Å²) in [5.41, 5.74) is 11.5. The van der Waals surface area contributed by atoms with Crippen LogP contribution in [0.5, 0.6) is 23.0 Å². The fourth-order valence-electron chi connectivity index (χ4n) is 2.86. The quantitative estimate of drug-likeness (QED) is 0.461. The molecule has 0 unspecified atom stereocenters. The van der Waals surface area contributed by atoms with Gasteiger partial charge in [-0.25, -0.2) is 9.97 Å². The van der Waals surface area contributed by atoms with Crippen LogP contribution in [-0.2, 0) is 4.79 Å². The molecule has 0 spiro atoms. The maximum Gasteiger partial charge on any atom is 0.267 e. The second-order valence-corrected chi connectivity index (χ2v) is 6.59. The van der Waals surface area contributed by atoms with Crippen LogP contribution in [0.15, 0.2) is 48.5 Å². The number of hydrogen-bond acceptors (Lipinski definition) is 9. The molecular formula is C21H19N5O5. The third kappa shape index (κ3) is 4.54. The number of rotatable bonds is 8. The van der Waals surface area contributed by atoms with E-state index >= 15 is 0 Å². The van der Waals surface area contributed by atoms with Gasteiger partial charge in [-0.15, -0.1) is 0 Å². The van der Waals surface area contributed by atoms with E-state index in [9.17, 15) is 9.59 Å². The summed E-state index contributed by atoms with van der Waals surface area (Å²) in [4.78, 5) is 31.3. The zero-order valence-corrected chi connectivity index (χ0v) is 16.3. The van der Waals surface area contributed by atoms with Crippen LogP contribution < -0.4 is 31.0 Å². The molecule has 0 fully saturated rings. The zero-order chi connectivity index (χ0) is 21.8. The predicted octanol–water partition coefficient (Wildman–Crippen LogP) is 1.70. The van der Waals surface area contributed by atoms with Gasteiger partial charge in [-0.05, 0) is 36.4 Å². The minimum Gasteiger partial charge on any atom is -0.457 e. The highest BCUT2D eigenvalue weighted by atomic mass is 16.7. The molecule has 3 aromatic rings. The number of ether oxygens (including phenoxy) is 3. The SMILES string of the molecule is NC[C@@H](C=O)Nc1cc(C(N)=O)nc(-c2ccc(Oc3ccc4c(c3)OCO4)cc2)n1. The van der Waals surface area contributed by atoms with Crippen molar-refractivity contribution < 1.29 is 23.8 Å². The van der Waals surface area contributed by atoms with Gasteiger partial charge in [0.25, 0.3) is 5.91 Å². The lowest BCUT2D eigenvalue weighted by Gasteiger charge is -2.13. The first-order valence-electron chi connectivity index (χ1n) is 9.34. The molecule has 0 saturated carbocycles. The number of anilines is 1. The summed E-state index contributed by atoms with van der Waals surface area (Å²) < 4.78 is 16.5. The van der Waals surface area contributed by atoms with Crippen LogP contribution in [0, 0.1) is 0 Å². The fourth-order valence-corrected chi connectivity index (χ4v) is 2.86. The Morgan fingerprint density at radius 2 is 1.84 bits per heavy atom. The van der Waals surface area contributed by atoms with Crippen molar-refractivity contribution in [3.63, 3.8) is 0 Å². The topological polar surface area (TPSA) is 152 Å². The number of nitrogens with zero attached hydrogens (tertiary/aromatic N) is 2. The molecule has 10 nitrogen and oxygen atoms in total. The summed E-state index contributed by atoms with van der Waals surface area (Å²) in [7, 11) is 0. The number of primary amides is 1. The van der Waals surface area contributed by atoms with Crippen LogP contribution in [0.4, 0.5) is 5.82 Å². The van der Waals surface area contributed by atoms with E-state index in [0.29, 0.717) is 34.8 Å². The second kappa shape index (κ2) is 8.67. The maximum absolute atomic E-state index is 11.7. The highest BCUT2D eigenvalue weighted by Crippen LogP contribution is 2.36. The highest BCUT2D eigenvalue weighted by molar-refractivity contribution is 5.92. The molecule has 31 heavy (non-hydrogen) atoms. The summed E-state index contributed by atoms with van der Waals surface area (Å²) in [6.07, 6.45) is 0.661. The van der Waals surface area contributed by atoms with Crippen LogP contribution in [0.3, 0.4) is 0 Å². The van der Waals surface area contributed by atoms with Crippen molar-refractivity contribution in [2.45, 2.75) is 6.04 Å². The Labute approximate surface area is 177 Å². The molecule has 1 atom stereocenters. The summed E-state index contributed by atoms with van der Waals surface area (Å²) in [5.74, 6) is 2.28. The van der Waals surface area contributed by atoms with E-state index in [-0.39, 0.29) is 30.7 Å². The van der Waals surface area contributed by atoms with Gasteiger partial charge in [0.15, 0.2) is 17.3 Å². The molecule has 5 N–H and O–H groups in total. The van der Waals surface area contributed by atoms with Crippen molar-refractivity contribution in [1.29, 1.82) is 0 Å². The van der Waals surface area contributed by atoms with Gasteiger partial charge < -0.3 is 35.8 Å². The Morgan fingerprint density at radius 3 is 2.55 bits per heavy atom. The second-order valence-electron chi connectivity index (χ2n) is 6.59. The number of aromatic nitrogens is 2. The Kier molecular flexibility index (Phi) is 5.63. The zero-order valence-electron chi connectivity index (χ0n) is 16.3. The van der Waals surface area contributed by atoms with Crippen LogP contribution >= 0.6 is 0 Å². The first-order chi connectivity index (χ1) is 15.1. The Morgan fingerprint density at radius 1 is 1.10 bits per heavy atom. The van der Waals surface area contributed by atoms with Crippen LogP contribution in [-0.4, -0.2) is 41.5 Å². The van der Waals surface area contributed by atoms with Crippen LogP contribution in [0.1, 0.15) is 10.5 Å². The van der Waals surface area contributed by atoms with Crippen molar-refractivity contribution >= 4 is 18.0 Å². The predicted molar refractivity (Wildman–Crippen MR) is 111 cm³/mol. The number of carbonyl (C=O) groups is 2. The van der Waals surface area contributed by atoms with Gasteiger partial charge in [0.1, 0.15) is 29.3 Å². The van der Waals surface area contributed by atoms with Gasteiger partial charge in [-0.3, -0.25) is 4.79 Å². The van der Waals surface area contributed by atoms with Crippen molar-refractivity contribution in [3.8, 4) is 34.4 Å². The van der Waals surface area contributed by atoms with E-state index in [1.807, 2.05) is 0 Å². The molecule has 0 radical (unpaired) electrons. The first kappa shape index (κ1) is 20.1. The smallest absolute Gasteiger partial charge is 0.267 e. The molecule has 1 amide bonds. The third-order valence-electron chi connectivity index (χ3n) is 4.42. The number of nitrogens with two attached hydrogens (primary N) is 2. The first-order valence-corrected chi connectivity index (χ1v) is 9.34. The lowest BCUT2D eigenvalue weighted by atomic mass is 10.2. The highest BCUT2D eigenvalue weighted by Gasteiger charge is 2.15. The number of aldehydes is 1. The van der Waals surface area contributed by atoms with Crippen molar-refractivity contribution in [2.24, 2.45) is 11.5 Å². The van der Waals surface area contributed by atoms with E-state index in [1.165, 1.54) is 6.07 Å². The Hall–Kier alpha value is -4.18. The number of nitrogens with one attached hydrogen (secondary N) is 1. The van der Waals surface area contributed by atoms with Gasteiger partial charge >= 0.3 is 0 Å². The maximum atomic E-state index is 11.7. The van der Waals surface area contributed by atoms with Gasteiger partial charge in [0.05, 0.1) is 6.04 Å². The minimum atomic E-state index is -0.718. The number of fused-ring (bicyclic) bond motifs is 1. The van der Waals surface area contributed by atoms with E-state index < -0.39 is 11.9 Å². The molecule has 1 aromatic heterocycles. The Balaban J connectivity index is 1.57. The number of carbonyl (C=O) groups excluding carboxylic acids is 2. The summed E-state index contributed by atoms with van der Waals surface area (Å²) in [6.45, 7) is 0.258. The molecule has 4 rings (SSSR count). The molecule has 0 saturated heterocycles. The standard InChI is InChI=1S/C21H19N5O5/c22-9-13(10-27)24-19-8-16(20(23)28)25-21(26-19)12-1-3-14(4-2-12)31-15-5-6-17-18(7-15)30-11-29-17/h1-8,10,13H,9,11,22H2,(H2,23,28)(H,24,25,26)/t13-/m0/s1. The molecule has 0 bridgehead atoms. The molecule has 158 valence electrons. The number of amides is 1. The minimum absolute atomic E-state index is 0.00913. The van der Waals surface area contributed by atoms with Crippen molar-refractivity contribution in [2.75, 3.05) is 18.7 Å². The van der Waals surface area contributed by atoms with Gasteiger partial charge in [-0.2, -0.15) is 0 Å². The van der Waals surface area contributed by atoms with Crippen LogP contribution in [0.25, 0.3) is 11.4 Å². The molecule has 1 aliphatic rings. The Bertz CT molecular complexity index is 1120. The largest absolute Gasteiger partial charge is 0.457 e. The van der Waals surface area contributed by atoms with Gasteiger partial charge in [0.2, 0.25) is 6.79 Å². The normalized spacial score (nSPS) is 12.8. The average molecular weight is 421 g/mol. The van der Waals surface area contributed by atoms with Crippen molar-refractivity contribution in [1.82, 2.24) is 9.97 Å². The summed E-state index contributed by atoms with van der Waals surface area (Å²) in [5, 5.41) is 2.85. The summed E-state index contributed by atoms with van der Waals surface area (Å²) >= 11 is 0. The van der Waals surface area contributed by atoms with E-state index in [0.717, 1.165) is 0 Å². The molecule has 1 aliphatic heterocycles. The average Bonchev–Trinajstić information content (AvgIpc) is 3.25.